The zero-order valence-electron chi connectivity index (χ0n) is 6.87. The maximum atomic E-state index is 10.4. The van der Waals surface area contributed by atoms with Crippen LogP contribution in [0.1, 0.15) is 12.5 Å². The van der Waals surface area contributed by atoms with Crippen LogP contribution in [-0.4, -0.2) is 6.03 Å². The van der Waals surface area contributed by atoms with E-state index >= 15 is 0 Å². The Morgan fingerprint density at radius 1 is 1.42 bits per heavy atom. The van der Waals surface area contributed by atoms with Crippen LogP contribution in [0, 0.1) is 6.42 Å². The average molecular weight is 163 g/mol. The van der Waals surface area contributed by atoms with E-state index in [1.807, 2.05) is 25.5 Å². The fourth-order valence-corrected chi connectivity index (χ4v) is 0.901. The smallest absolute Gasteiger partial charge is 0.316 e. The number of carbonyl (C=O) groups excluding carboxylic acids is 1. The number of primary amides is 1. The third-order valence-corrected chi connectivity index (χ3v) is 1.51. The highest BCUT2D eigenvalue weighted by Crippen LogP contribution is 2.09. The van der Waals surface area contributed by atoms with Crippen molar-refractivity contribution in [1.82, 2.24) is 0 Å². The number of hydrogen-bond acceptors (Lipinski definition) is 1. The van der Waals surface area contributed by atoms with Crippen LogP contribution in [0.4, 0.5) is 10.5 Å². The lowest BCUT2D eigenvalue weighted by atomic mass is 10.1. The first-order chi connectivity index (χ1) is 5.72. The summed E-state index contributed by atoms with van der Waals surface area (Å²) >= 11 is 0. The van der Waals surface area contributed by atoms with E-state index in [-0.39, 0.29) is 0 Å². The number of hydrogen-bond donors (Lipinski definition) is 2. The first-order valence-electron chi connectivity index (χ1n) is 3.68. The summed E-state index contributed by atoms with van der Waals surface area (Å²) in [5, 5.41) is 2.48. The number of nitrogens with one attached hydrogen (secondary N) is 1. The zero-order chi connectivity index (χ0) is 8.97. The molecule has 3 nitrogen and oxygen atoms in total. The zero-order valence-corrected chi connectivity index (χ0v) is 6.87. The molecule has 3 N–H and O–H groups in total. The molecule has 2 amide bonds. The third kappa shape index (κ3) is 2.27. The fourth-order valence-electron chi connectivity index (χ4n) is 0.901. The lowest BCUT2D eigenvalue weighted by Gasteiger charge is -2.01. The van der Waals surface area contributed by atoms with Crippen LogP contribution >= 0.6 is 0 Å². The summed E-state index contributed by atoms with van der Waals surface area (Å²) in [6.07, 6.45) is 1.98. The molecule has 0 fully saturated rings. The van der Waals surface area contributed by atoms with Gasteiger partial charge in [-0.15, -0.1) is 0 Å². The highest BCUT2D eigenvalue weighted by atomic mass is 16.2. The summed E-state index contributed by atoms with van der Waals surface area (Å²) in [7, 11) is 0. The van der Waals surface area contributed by atoms with Gasteiger partial charge >= 0.3 is 6.03 Å². The molecule has 3 heteroatoms. The van der Waals surface area contributed by atoms with Crippen molar-refractivity contribution in [3.05, 3.63) is 36.2 Å². The topological polar surface area (TPSA) is 55.1 Å². The molecule has 0 heterocycles. The maximum Gasteiger partial charge on any atom is 0.316 e. The molecule has 12 heavy (non-hydrogen) atoms. The van der Waals surface area contributed by atoms with Gasteiger partial charge in [-0.1, -0.05) is 19.1 Å². The van der Waals surface area contributed by atoms with Gasteiger partial charge in [-0.05, 0) is 24.1 Å². The Labute approximate surface area is 71.6 Å². The van der Waals surface area contributed by atoms with Gasteiger partial charge in [0.25, 0.3) is 0 Å². The van der Waals surface area contributed by atoms with E-state index in [1.54, 1.807) is 12.1 Å². The van der Waals surface area contributed by atoms with Gasteiger partial charge < -0.3 is 11.1 Å². The van der Waals surface area contributed by atoms with Crippen molar-refractivity contribution in [2.24, 2.45) is 5.73 Å². The Morgan fingerprint density at radius 2 is 2.00 bits per heavy atom. The number of anilines is 1. The highest BCUT2D eigenvalue weighted by Gasteiger charge is 1.94. The highest BCUT2D eigenvalue weighted by molar-refractivity contribution is 5.87. The molecule has 0 aliphatic carbocycles. The third-order valence-electron chi connectivity index (χ3n) is 1.51. The molecule has 1 aromatic rings. The van der Waals surface area contributed by atoms with Gasteiger partial charge in [0.15, 0.2) is 0 Å². The van der Waals surface area contributed by atoms with E-state index in [2.05, 4.69) is 5.32 Å². The van der Waals surface area contributed by atoms with Gasteiger partial charge in [0.05, 0.1) is 0 Å². The molecule has 0 atom stereocenters. The molecule has 0 saturated heterocycles. The number of carbonyl (C=O) groups is 1. The number of amides is 2. The van der Waals surface area contributed by atoms with Gasteiger partial charge in [-0.2, -0.15) is 0 Å². The van der Waals surface area contributed by atoms with Crippen molar-refractivity contribution >= 4 is 11.7 Å². The molecule has 0 aliphatic heterocycles. The van der Waals surface area contributed by atoms with E-state index in [9.17, 15) is 4.79 Å². The summed E-state index contributed by atoms with van der Waals surface area (Å²) in [6.45, 7) is 1.95. The number of urea groups is 1. The Morgan fingerprint density at radius 3 is 2.42 bits per heavy atom. The number of nitrogens with two attached hydrogens (primary N) is 1. The largest absolute Gasteiger partial charge is 0.351 e. The summed E-state index contributed by atoms with van der Waals surface area (Å²) in [5.74, 6) is 0. The van der Waals surface area contributed by atoms with Gasteiger partial charge in [-0.3, -0.25) is 0 Å². The lowest BCUT2D eigenvalue weighted by Crippen LogP contribution is -2.19. The number of benzene rings is 1. The van der Waals surface area contributed by atoms with E-state index < -0.39 is 6.03 Å². The van der Waals surface area contributed by atoms with Gasteiger partial charge in [0.1, 0.15) is 0 Å². The molecule has 1 aromatic carbocycles. The summed E-state index contributed by atoms with van der Waals surface area (Å²) in [6, 6.07) is 6.89. The average Bonchev–Trinajstić information content (AvgIpc) is 2.05. The summed E-state index contributed by atoms with van der Waals surface area (Å²) in [4.78, 5) is 10.4. The van der Waals surface area contributed by atoms with Crippen LogP contribution in [0.5, 0.6) is 0 Å². The van der Waals surface area contributed by atoms with Crippen LogP contribution in [0.3, 0.4) is 0 Å². The summed E-state index contributed by atoms with van der Waals surface area (Å²) in [5.41, 5.74) is 6.77. The molecule has 0 unspecified atom stereocenters. The van der Waals surface area contributed by atoms with E-state index in [1.165, 1.54) is 0 Å². The quantitative estimate of drug-likeness (QED) is 0.685. The molecule has 0 bridgehead atoms. The van der Waals surface area contributed by atoms with Crippen molar-refractivity contribution in [2.45, 2.75) is 6.92 Å². The Bertz CT molecular complexity index is 266. The predicted octanol–water partition coefficient (Wildman–Crippen LogP) is 1.75. The molecule has 63 valence electrons. The lowest BCUT2D eigenvalue weighted by molar-refractivity contribution is 0.259. The first-order valence-corrected chi connectivity index (χ1v) is 3.68. The van der Waals surface area contributed by atoms with Crippen LogP contribution in [0.25, 0.3) is 0 Å². The normalized spacial score (nSPS) is 9.42. The molecular weight excluding hydrogens is 152 g/mol. The van der Waals surface area contributed by atoms with Crippen LogP contribution in [0.15, 0.2) is 24.3 Å². The van der Waals surface area contributed by atoms with Gasteiger partial charge in [-0.25, -0.2) is 4.79 Å². The van der Waals surface area contributed by atoms with Gasteiger partial charge in [0, 0.05) is 5.69 Å². The second-order valence-electron chi connectivity index (χ2n) is 2.40. The predicted molar refractivity (Wildman–Crippen MR) is 48.7 cm³/mol. The van der Waals surface area contributed by atoms with Crippen molar-refractivity contribution < 1.29 is 4.79 Å². The van der Waals surface area contributed by atoms with Crippen molar-refractivity contribution in [2.75, 3.05) is 5.32 Å². The van der Waals surface area contributed by atoms with E-state index in [0.717, 1.165) is 5.56 Å². The molecule has 1 radical (unpaired) electrons. The molecule has 0 spiro atoms. The SMILES string of the molecule is C[CH]c1ccc(NC(N)=O)cc1. The molecule has 0 aromatic heterocycles. The molecule has 1 rings (SSSR count). The monoisotopic (exact) mass is 163 g/mol. The second-order valence-corrected chi connectivity index (χ2v) is 2.40. The second kappa shape index (κ2) is 3.76. The Kier molecular flexibility index (Phi) is 2.69. The number of rotatable bonds is 2. The Balaban J connectivity index is 2.71. The molecular formula is C9H11N2O. The Hall–Kier alpha value is -1.51. The minimum Gasteiger partial charge on any atom is -0.351 e. The van der Waals surface area contributed by atoms with E-state index in [4.69, 9.17) is 5.73 Å². The molecule has 0 saturated carbocycles. The van der Waals surface area contributed by atoms with Crippen LogP contribution in [0.2, 0.25) is 0 Å². The van der Waals surface area contributed by atoms with Crippen molar-refractivity contribution in [1.29, 1.82) is 0 Å². The van der Waals surface area contributed by atoms with E-state index in [0.29, 0.717) is 5.69 Å². The first kappa shape index (κ1) is 8.59. The summed E-state index contributed by atoms with van der Waals surface area (Å²) < 4.78 is 0. The minimum absolute atomic E-state index is 0.539. The fraction of sp³-hybridized carbons (Fsp3) is 0.111. The van der Waals surface area contributed by atoms with Crippen LogP contribution < -0.4 is 11.1 Å². The van der Waals surface area contributed by atoms with Crippen molar-refractivity contribution in [3.63, 3.8) is 0 Å². The standard InChI is InChI=1S/C9H11N2O/c1-2-7-3-5-8(6-4-7)11-9(10)12/h2-6H,1H3,(H3,10,11,12). The van der Waals surface area contributed by atoms with Crippen molar-refractivity contribution in [3.8, 4) is 0 Å². The molecule has 0 aliphatic rings. The van der Waals surface area contributed by atoms with Crippen LogP contribution in [-0.2, 0) is 0 Å². The van der Waals surface area contributed by atoms with Gasteiger partial charge in [0.2, 0.25) is 0 Å². The maximum absolute atomic E-state index is 10.4. The minimum atomic E-state index is -0.539.